The Bertz CT molecular complexity index is 852. The minimum absolute atomic E-state index is 0.0742. The van der Waals surface area contributed by atoms with Crippen molar-refractivity contribution in [2.75, 3.05) is 19.6 Å². The molecule has 1 aromatic rings. The van der Waals surface area contributed by atoms with Crippen LogP contribution in [0.15, 0.2) is 18.2 Å². The Morgan fingerprint density at radius 2 is 1.96 bits per heavy atom. The van der Waals surface area contributed by atoms with E-state index in [0.717, 1.165) is 4.90 Å². The van der Waals surface area contributed by atoms with Gasteiger partial charge in [-0.15, -0.1) is 0 Å². The van der Waals surface area contributed by atoms with Crippen molar-refractivity contribution in [3.8, 4) is 0 Å². The topological polar surface area (TPSA) is 108 Å². The van der Waals surface area contributed by atoms with Crippen LogP contribution in [0.25, 0.3) is 0 Å². The van der Waals surface area contributed by atoms with E-state index in [4.69, 9.17) is 0 Å². The molecular formula is C18H19FN4O4. The monoisotopic (exact) mass is 374 g/mol. The van der Waals surface area contributed by atoms with Gasteiger partial charge in [0.05, 0.1) is 11.1 Å². The van der Waals surface area contributed by atoms with Crippen molar-refractivity contribution in [1.82, 2.24) is 20.9 Å². The summed E-state index contributed by atoms with van der Waals surface area (Å²) >= 11 is 0. The zero-order valence-corrected chi connectivity index (χ0v) is 14.5. The zero-order chi connectivity index (χ0) is 19.2. The van der Waals surface area contributed by atoms with Gasteiger partial charge in [0.25, 0.3) is 11.8 Å². The molecule has 9 heteroatoms. The van der Waals surface area contributed by atoms with E-state index in [1.807, 2.05) is 0 Å². The lowest BCUT2D eigenvalue weighted by Gasteiger charge is -2.35. The van der Waals surface area contributed by atoms with Gasteiger partial charge in [0.15, 0.2) is 0 Å². The molecule has 2 fully saturated rings. The van der Waals surface area contributed by atoms with Crippen molar-refractivity contribution in [1.29, 1.82) is 0 Å². The van der Waals surface area contributed by atoms with Crippen molar-refractivity contribution in [3.05, 3.63) is 34.9 Å². The van der Waals surface area contributed by atoms with E-state index in [1.54, 1.807) is 12.1 Å². The predicted molar refractivity (Wildman–Crippen MR) is 91.5 cm³/mol. The van der Waals surface area contributed by atoms with Crippen LogP contribution in [-0.2, 0) is 16.1 Å². The molecule has 3 aliphatic heterocycles. The maximum atomic E-state index is 14.1. The number of alkyl halides is 1. The van der Waals surface area contributed by atoms with Gasteiger partial charge in [-0.2, -0.15) is 0 Å². The number of rotatable bonds is 5. The smallest absolute Gasteiger partial charge is 0.262 e. The molecule has 3 heterocycles. The molecule has 27 heavy (non-hydrogen) atoms. The van der Waals surface area contributed by atoms with Crippen molar-refractivity contribution >= 4 is 23.6 Å². The molecule has 8 nitrogen and oxygen atoms in total. The Hall–Kier alpha value is -2.65. The fourth-order valence-electron chi connectivity index (χ4n) is 3.67. The number of amides is 4. The van der Waals surface area contributed by atoms with Crippen LogP contribution in [0.1, 0.15) is 39.1 Å². The van der Waals surface area contributed by atoms with E-state index < -0.39 is 35.3 Å². The summed E-state index contributed by atoms with van der Waals surface area (Å²) in [6.07, 6.45) is 0.186. The maximum absolute atomic E-state index is 14.1. The summed E-state index contributed by atoms with van der Waals surface area (Å²) in [5, 5.41) is 8.04. The van der Waals surface area contributed by atoms with Gasteiger partial charge >= 0.3 is 0 Å². The Morgan fingerprint density at radius 3 is 2.63 bits per heavy atom. The summed E-state index contributed by atoms with van der Waals surface area (Å²) in [4.78, 5) is 50.0. The van der Waals surface area contributed by atoms with Crippen LogP contribution in [0, 0.1) is 0 Å². The molecule has 1 atom stereocenters. The molecule has 0 saturated carbocycles. The van der Waals surface area contributed by atoms with Crippen LogP contribution < -0.4 is 16.0 Å². The Morgan fingerprint density at radius 1 is 1.19 bits per heavy atom. The van der Waals surface area contributed by atoms with E-state index in [-0.39, 0.29) is 50.1 Å². The summed E-state index contributed by atoms with van der Waals surface area (Å²) in [6.45, 7) is 0.945. The van der Waals surface area contributed by atoms with Crippen LogP contribution in [0.3, 0.4) is 0 Å². The molecule has 0 aliphatic carbocycles. The number of carbonyl (C=O) groups excluding carboxylic acids is 4. The minimum Gasteiger partial charge on any atom is -0.310 e. The van der Waals surface area contributed by atoms with E-state index >= 15 is 0 Å². The number of hydrogen-bond donors (Lipinski definition) is 3. The summed E-state index contributed by atoms with van der Waals surface area (Å²) in [5.41, 5.74) is -0.253. The number of fused-ring (bicyclic) bond motifs is 1. The zero-order valence-electron chi connectivity index (χ0n) is 14.5. The number of nitrogens with one attached hydrogen (secondary N) is 3. The second-order valence-electron chi connectivity index (χ2n) is 7.14. The molecule has 2 saturated heterocycles. The van der Waals surface area contributed by atoms with E-state index in [0.29, 0.717) is 5.56 Å². The van der Waals surface area contributed by atoms with E-state index in [2.05, 4.69) is 16.0 Å². The number of nitrogens with zero attached hydrogens (tertiary/aromatic N) is 1. The highest BCUT2D eigenvalue weighted by atomic mass is 19.1. The molecular weight excluding hydrogens is 355 g/mol. The number of benzene rings is 1. The maximum Gasteiger partial charge on any atom is 0.262 e. The molecule has 4 amide bonds. The molecule has 1 aromatic carbocycles. The normalized spacial score (nSPS) is 23.9. The van der Waals surface area contributed by atoms with Gasteiger partial charge in [-0.05, 0) is 18.1 Å². The predicted octanol–water partition coefficient (Wildman–Crippen LogP) is -0.511. The highest BCUT2D eigenvalue weighted by Gasteiger charge is 2.45. The lowest BCUT2D eigenvalue weighted by Crippen LogP contribution is -2.61. The number of halogens is 1. The third-order valence-corrected chi connectivity index (χ3v) is 5.20. The van der Waals surface area contributed by atoms with Crippen molar-refractivity contribution in [2.24, 2.45) is 0 Å². The van der Waals surface area contributed by atoms with Crippen molar-refractivity contribution in [3.63, 3.8) is 0 Å². The van der Waals surface area contributed by atoms with Gasteiger partial charge in [-0.25, -0.2) is 4.39 Å². The first-order valence-corrected chi connectivity index (χ1v) is 8.83. The molecule has 0 radical (unpaired) electrons. The van der Waals surface area contributed by atoms with E-state index in [9.17, 15) is 23.6 Å². The third kappa shape index (κ3) is 3.02. The van der Waals surface area contributed by atoms with Crippen LogP contribution in [-0.4, -0.2) is 59.9 Å². The highest BCUT2D eigenvalue weighted by Crippen LogP contribution is 2.30. The Labute approximate surface area is 154 Å². The van der Waals surface area contributed by atoms with Crippen LogP contribution in [0.4, 0.5) is 4.39 Å². The Balaban J connectivity index is 1.54. The van der Waals surface area contributed by atoms with Crippen LogP contribution in [0.2, 0.25) is 0 Å². The highest BCUT2D eigenvalue weighted by molar-refractivity contribution is 6.24. The third-order valence-electron chi connectivity index (χ3n) is 5.20. The standard InChI is InChI=1S/C18H19FN4O4/c19-18(8-21-9-18)7-20-6-10-2-1-3-11-14(10)17(27)23(16(11)26)12-4-5-13(24)22-15(12)25/h1-3,12,20-21H,4-9H2,(H,22,24,25). The number of piperidine rings is 1. The minimum atomic E-state index is -1.30. The van der Waals surface area contributed by atoms with Gasteiger partial charge in [0.1, 0.15) is 11.7 Å². The average Bonchev–Trinajstić information content (AvgIpc) is 2.86. The summed E-state index contributed by atoms with van der Waals surface area (Å²) in [7, 11) is 0. The molecule has 0 aromatic heterocycles. The fourth-order valence-corrected chi connectivity index (χ4v) is 3.67. The van der Waals surface area contributed by atoms with Gasteiger partial charge in [-0.3, -0.25) is 29.4 Å². The fraction of sp³-hybridized carbons (Fsp3) is 0.444. The van der Waals surface area contributed by atoms with Gasteiger partial charge in [0.2, 0.25) is 11.8 Å². The molecule has 3 N–H and O–H groups in total. The van der Waals surface area contributed by atoms with Crippen LogP contribution >= 0.6 is 0 Å². The lowest BCUT2D eigenvalue weighted by molar-refractivity contribution is -0.136. The van der Waals surface area contributed by atoms with Crippen LogP contribution in [0.5, 0.6) is 0 Å². The second kappa shape index (κ2) is 6.50. The SMILES string of the molecule is O=C1CCC(N2C(=O)c3cccc(CNCC4(F)CNC4)c3C2=O)C(=O)N1. The van der Waals surface area contributed by atoms with E-state index in [1.165, 1.54) is 6.07 Å². The molecule has 3 aliphatic rings. The first-order chi connectivity index (χ1) is 12.9. The second-order valence-corrected chi connectivity index (χ2v) is 7.14. The van der Waals surface area contributed by atoms with Crippen molar-refractivity contribution < 1.29 is 23.6 Å². The summed E-state index contributed by atoms with van der Waals surface area (Å²) < 4.78 is 14.1. The molecule has 4 rings (SSSR count). The van der Waals surface area contributed by atoms with Gasteiger partial charge in [-0.1, -0.05) is 12.1 Å². The molecule has 1 unspecified atom stereocenters. The lowest BCUT2D eigenvalue weighted by atomic mass is 9.99. The molecule has 0 spiro atoms. The average molecular weight is 374 g/mol. The first-order valence-electron chi connectivity index (χ1n) is 8.83. The van der Waals surface area contributed by atoms with Crippen molar-refractivity contribution in [2.45, 2.75) is 31.1 Å². The molecule has 0 bridgehead atoms. The number of imide groups is 2. The van der Waals surface area contributed by atoms with Gasteiger partial charge < -0.3 is 10.6 Å². The summed E-state index contributed by atoms with van der Waals surface area (Å²) in [5.74, 6) is -2.15. The number of hydrogen-bond acceptors (Lipinski definition) is 6. The van der Waals surface area contributed by atoms with Gasteiger partial charge in [0, 0.05) is 32.6 Å². The Kier molecular flexibility index (Phi) is 4.27. The quantitative estimate of drug-likeness (QED) is 0.599. The molecule has 142 valence electrons. The summed E-state index contributed by atoms with van der Waals surface area (Å²) in [6, 6.07) is 3.91. The first kappa shape index (κ1) is 17.7. The number of carbonyl (C=O) groups is 4. The largest absolute Gasteiger partial charge is 0.310 e.